The molecular formula is C25H32N4O3. The van der Waals surface area contributed by atoms with E-state index >= 15 is 0 Å². The summed E-state index contributed by atoms with van der Waals surface area (Å²) in [5.41, 5.74) is 3.72. The maximum Gasteiger partial charge on any atom is 0.229 e. The third-order valence-electron chi connectivity index (χ3n) is 6.52. The van der Waals surface area contributed by atoms with E-state index < -0.39 is 5.92 Å². The normalized spacial score (nSPS) is 19.3. The van der Waals surface area contributed by atoms with Crippen LogP contribution in [0.5, 0.6) is 5.75 Å². The van der Waals surface area contributed by atoms with Crippen LogP contribution in [0.3, 0.4) is 0 Å². The third-order valence-corrected chi connectivity index (χ3v) is 6.52. The number of hydrogen-bond acceptors (Lipinski definition) is 5. The highest BCUT2D eigenvalue weighted by Crippen LogP contribution is 2.33. The Hall–Kier alpha value is -3.06. The Morgan fingerprint density at radius 3 is 2.56 bits per heavy atom. The number of nitrogens with one attached hydrogen (secondary N) is 1. The van der Waals surface area contributed by atoms with Crippen LogP contribution in [0.2, 0.25) is 0 Å². The van der Waals surface area contributed by atoms with Gasteiger partial charge in [-0.2, -0.15) is 0 Å². The van der Waals surface area contributed by atoms with Crippen LogP contribution in [-0.4, -0.2) is 63.1 Å². The zero-order valence-electron chi connectivity index (χ0n) is 19.1. The molecule has 1 atom stereocenters. The first-order valence-corrected chi connectivity index (χ1v) is 11.3. The zero-order valence-corrected chi connectivity index (χ0v) is 19.1. The number of likely N-dealkylation sites (N-methyl/N-ethyl adjacent to an activating group) is 1. The van der Waals surface area contributed by atoms with Crippen LogP contribution in [0, 0.1) is 12.8 Å². The summed E-state index contributed by atoms with van der Waals surface area (Å²) in [7, 11) is 1.58. The molecule has 0 radical (unpaired) electrons. The van der Waals surface area contributed by atoms with Crippen molar-refractivity contribution in [1.82, 2.24) is 4.90 Å². The minimum absolute atomic E-state index is 0.0621. The molecule has 7 nitrogen and oxygen atoms in total. The molecule has 2 aromatic carbocycles. The molecule has 170 valence electrons. The van der Waals surface area contributed by atoms with Gasteiger partial charge in [0.1, 0.15) is 5.75 Å². The number of piperazine rings is 1. The van der Waals surface area contributed by atoms with Crippen molar-refractivity contribution in [3.05, 3.63) is 48.0 Å². The van der Waals surface area contributed by atoms with Crippen molar-refractivity contribution in [2.24, 2.45) is 5.92 Å². The summed E-state index contributed by atoms with van der Waals surface area (Å²) in [5, 5.41) is 3.04. The van der Waals surface area contributed by atoms with E-state index in [9.17, 15) is 9.59 Å². The quantitative estimate of drug-likeness (QED) is 0.754. The van der Waals surface area contributed by atoms with Crippen LogP contribution in [0.25, 0.3) is 0 Å². The lowest BCUT2D eigenvalue weighted by Gasteiger charge is -2.35. The third kappa shape index (κ3) is 4.58. The molecular weight excluding hydrogens is 404 g/mol. The first-order valence-electron chi connectivity index (χ1n) is 11.3. The standard InChI is InChI=1S/C25H32N4O3/c1-4-27-11-13-28(14-12-27)20-9-10-21(18(2)15-20)26-25(31)19-16-24(30)29(17-19)22-7-5-6-8-23(22)32-3/h5-10,15,19H,4,11-14,16-17H2,1-3H3,(H,26,31). The number of aryl methyl sites for hydroxylation is 1. The molecule has 2 amide bonds. The van der Waals surface area contributed by atoms with Crippen molar-refractivity contribution in [3.63, 3.8) is 0 Å². The number of rotatable bonds is 6. The lowest BCUT2D eigenvalue weighted by Crippen LogP contribution is -2.46. The molecule has 1 unspecified atom stereocenters. The first-order chi connectivity index (χ1) is 15.5. The molecule has 32 heavy (non-hydrogen) atoms. The Balaban J connectivity index is 1.40. The van der Waals surface area contributed by atoms with Gasteiger partial charge < -0.3 is 24.8 Å². The summed E-state index contributed by atoms with van der Waals surface area (Å²) in [6.45, 7) is 9.84. The summed E-state index contributed by atoms with van der Waals surface area (Å²) in [5.74, 6) is 0.0535. The van der Waals surface area contributed by atoms with Crippen molar-refractivity contribution in [2.45, 2.75) is 20.3 Å². The van der Waals surface area contributed by atoms with E-state index in [1.165, 1.54) is 5.69 Å². The van der Waals surface area contributed by atoms with E-state index in [1.54, 1.807) is 12.0 Å². The van der Waals surface area contributed by atoms with Gasteiger partial charge in [-0.05, 0) is 49.4 Å². The Bertz CT molecular complexity index is 985. The fourth-order valence-corrected chi connectivity index (χ4v) is 4.51. The zero-order chi connectivity index (χ0) is 22.7. The molecule has 2 fully saturated rings. The predicted molar refractivity (Wildman–Crippen MR) is 128 cm³/mol. The molecule has 2 heterocycles. The summed E-state index contributed by atoms with van der Waals surface area (Å²) in [6.07, 6.45) is 0.197. The van der Waals surface area contributed by atoms with Crippen LogP contribution >= 0.6 is 0 Å². The predicted octanol–water partition coefficient (Wildman–Crippen LogP) is 3.14. The Labute approximate surface area is 189 Å². The van der Waals surface area contributed by atoms with Crippen molar-refractivity contribution in [1.29, 1.82) is 0 Å². The first kappa shape index (κ1) is 22.1. The highest BCUT2D eigenvalue weighted by Gasteiger charge is 2.36. The molecule has 0 saturated carbocycles. The van der Waals surface area contributed by atoms with Crippen LogP contribution in [0.4, 0.5) is 17.1 Å². The lowest BCUT2D eigenvalue weighted by atomic mass is 10.1. The number of benzene rings is 2. The minimum atomic E-state index is -0.395. The van der Waals surface area contributed by atoms with Crippen LogP contribution in [-0.2, 0) is 9.59 Å². The van der Waals surface area contributed by atoms with Gasteiger partial charge >= 0.3 is 0 Å². The monoisotopic (exact) mass is 436 g/mol. The summed E-state index contributed by atoms with van der Waals surface area (Å²) >= 11 is 0. The van der Waals surface area contributed by atoms with Gasteiger partial charge in [-0.1, -0.05) is 19.1 Å². The Kier molecular flexibility index (Phi) is 6.65. The molecule has 0 spiro atoms. The number of amides is 2. The van der Waals surface area contributed by atoms with Gasteiger partial charge in [0.2, 0.25) is 11.8 Å². The second-order valence-corrected chi connectivity index (χ2v) is 8.49. The number of methoxy groups -OCH3 is 1. The molecule has 0 aromatic heterocycles. The van der Waals surface area contributed by atoms with Crippen LogP contribution in [0.1, 0.15) is 18.9 Å². The Morgan fingerprint density at radius 2 is 1.88 bits per heavy atom. The molecule has 2 aromatic rings. The van der Waals surface area contributed by atoms with Crippen molar-refractivity contribution < 1.29 is 14.3 Å². The SMILES string of the molecule is CCN1CCN(c2ccc(NC(=O)C3CC(=O)N(c4ccccc4OC)C3)c(C)c2)CC1. The van der Waals surface area contributed by atoms with Crippen LogP contribution in [0.15, 0.2) is 42.5 Å². The summed E-state index contributed by atoms with van der Waals surface area (Å²) in [6, 6.07) is 13.6. The molecule has 7 heteroatoms. The summed E-state index contributed by atoms with van der Waals surface area (Å²) < 4.78 is 5.39. The molecule has 2 aliphatic heterocycles. The number of anilines is 3. The van der Waals surface area contributed by atoms with E-state index in [2.05, 4.69) is 34.2 Å². The van der Waals surface area contributed by atoms with Gasteiger partial charge in [-0.15, -0.1) is 0 Å². The van der Waals surface area contributed by atoms with Gasteiger partial charge in [0.25, 0.3) is 0 Å². The second kappa shape index (κ2) is 9.61. The molecule has 2 aliphatic rings. The number of ether oxygens (including phenoxy) is 1. The fraction of sp³-hybridized carbons (Fsp3) is 0.440. The topological polar surface area (TPSA) is 65.1 Å². The van der Waals surface area contributed by atoms with Gasteiger partial charge in [-0.3, -0.25) is 9.59 Å². The van der Waals surface area contributed by atoms with Gasteiger partial charge in [-0.25, -0.2) is 0 Å². The number of hydrogen-bond donors (Lipinski definition) is 1. The lowest BCUT2D eigenvalue weighted by molar-refractivity contribution is -0.122. The van der Waals surface area contributed by atoms with E-state index in [0.29, 0.717) is 18.0 Å². The second-order valence-electron chi connectivity index (χ2n) is 8.49. The van der Waals surface area contributed by atoms with Gasteiger partial charge in [0.05, 0.1) is 18.7 Å². The number of nitrogens with zero attached hydrogens (tertiary/aromatic N) is 3. The van der Waals surface area contributed by atoms with Crippen LogP contribution < -0.4 is 19.9 Å². The maximum absolute atomic E-state index is 13.0. The number of para-hydroxylation sites is 2. The van der Waals surface area contributed by atoms with Crippen molar-refractivity contribution in [3.8, 4) is 5.75 Å². The molecule has 0 aliphatic carbocycles. The number of carbonyl (C=O) groups is 2. The molecule has 4 rings (SSSR count). The summed E-state index contributed by atoms with van der Waals surface area (Å²) in [4.78, 5) is 32.1. The van der Waals surface area contributed by atoms with Crippen molar-refractivity contribution >= 4 is 28.9 Å². The average molecular weight is 437 g/mol. The van der Waals surface area contributed by atoms with Crippen molar-refractivity contribution in [2.75, 3.05) is 61.5 Å². The fourth-order valence-electron chi connectivity index (χ4n) is 4.51. The minimum Gasteiger partial charge on any atom is -0.495 e. The molecule has 1 N–H and O–H groups in total. The Morgan fingerprint density at radius 1 is 1.12 bits per heavy atom. The molecule has 0 bridgehead atoms. The van der Waals surface area contributed by atoms with Gasteiger partial charge in [0, 0.05) is 50.5 Å². The highest BCUT2D eigenvalue weighted by atomic mass is 16.5. The van der Waals surface area contributed by atoms with E-state index in [1.807, 2.05) is 37.3 Å². The van der Waals surface area contributed by atoms with E-state index in [0.717, 1.165) is 44.0 Å². The number of carbonyl (C=O) groups excluding carboxylic acids is 2. The van der Waals surface area contributed by atoms with E-state index in [-0.39, 0.29) is 18.2 Å². The van der Waals surface area contributed by atoms with E-state index in [4.69, 9.17) is 4.74 Å². The van der Waals surface area contributed by atoms with Gasteiger partial charge in [0.15, 0.2) is 0 Å². The average Bonchev–Trinajstić information content (AvgIpc) is 3.22. The maximum atomic E-state index is 13.0. The largest absolute Gasteiger partial charge is 0.495 e. The molecule has 2 saturated heterocycles. The highest BCUT2D eigenvalue weighted by molar-refractivity contribution is 6.04. The smallest absolute Gasteiger partial charge is 0.229 e.